The number of urea groups is 1. The van der Waals surface area contributed by atoms with Crippen LogP contribution < -0.4 is 10.6 Å². The molecule has 0 aromatic heterocycles. The Balaban J connectivity index is 1.53. The molecule has 3 rings (SSSR count). The van der Waals surface area contributed by atoms with Crippen molar-refractivity contribution in [3.63, 3.8) is 0 Å². The Morgan fingerprint density at radius 3 is 2.19 bits per heavy atom. The molecule has 1 heterocycles. The maximum atomic E-state index is 13.0. The van der Waals surface area contributed by atoms with Crippen LogP contribution in [-0.2, 0) is 14.8 Å². The molecule has 1 aromatic carbocycles. The Kier molecular flexibility index (Phi) is 8.20. The lowest BCUT2D eigenvalue weighted by Crippen LogP contribution is -2.56. The quantitative estimate of drug-likeness (QED) is 0.660. The van der Waals surface area contributed by atoms with Crippen LogP contribution in [0, 0.1) is 0 Å². The molecule has 1 aliphatic heterocycles. The molecule has 1 aromatic rings. The van der Waals surface area contributed by atoms with Crippen LogP contribution in [0.2, 0.25) is 10.0 Å². The molecule has 2 N–H and O–H groups in total. The fraction of sp³-hybridized carbons (Fsp3) is 0.600. The van der Waals surface area contributed by atoms with Crippen molar-refractivity contribution in [1.29, 1.82) is 0 Å². The zero-order valence-corrected chi connectivity index (χ0v) is 19.8. The molecule has 0 spiro atoms. The summed E-state index contributed by atoms with van der Waals surface area (Å²) in [6, 6.07) is 3.64. The predicted octanol–water partition coefficient (Wildman–Crippen LogP) is 2.85. The van der Waals surface area contributed by atoms with Crippen molar-refractivity contribution in [1.82, 2.24) is 19.8 Å². The highest BCUT2D eigenvalue weighted by Crippen LogP contribution is 2.32. The highest BCUT2D eigenvalue weighted by atomic mass is 35.5. The zero-order valence-electron chi connectivity index (χ0n) is 17.4. The van der Waals surface area contributed by atoms with Gasteiger partial charge in [0, 0.05) is 32.2 Å². The fourth-order valence-corrected chi connectivity index (χ4v) is 6.55. The van der Waals surface area contributed by atoms with E-state index in [9.17, 15) is 18.0 Å². The lowest BCUT2D eigenvalue weighted by molar-refractivity contribution is -0.125. The normalized spacial score (nSPS) is 20.2. The molecule has 172 valence electrons. The van der Waals surface area contributed by atoms with E-state index in [0.717, 1.165) is 25.7 Å². The smallest absolute Gasteiger partial charge is 0.321 e. The van der Waals surface area contributed by atoms with Crippen molar-refractivity contribution in [3.8, 4) is 0 Å². The van der Waals surface area contributed by atoms with Crippen molar-refractivity contribution in [2.24, 2.45) is 0 Å². The number of piperazine rings is 1. The van der Waals surface area contributed by atoms with Gasteiger partial charge in [-0.15, -0.1) is 0 Å². The highest BCUT2D eigenvalue weighted by Gasteiger charge is 2.34. The number of carbonyl (C=O) groups is 2. The second-order valence-corrected chi connectivity index (χ2v) is 10.7. The van der Waals surface area contributed by atoms with Gasteiger partial charge in [-0.25, -0.2) is 13.2 Å². The van der Waals surface area contributed by atoms with E-state index < -0.39 is 28.0 Å². The van der Waals surface area contributed by atoms with Gasteiger partial charge in [-0.2, -0.15) is 4.31 Å². The molecule has 31 heavy (non-hydrogen) atoms. The van der Waals surface area contributed by atoms with Crippen LogP contribution in [0.15, 0.2) is 23.1 Å². The first-order valence-corrected chi connectivity index (χ1v) is 12.7. The molecule has 1 aliphatic carbocycles. The van der Waals surface area contributed by atoms with Gasteiger partial charge in [0.2, 0.25) is 15.9 Å². The summed E-state index contributed by atoms with van der Waals surface area (Å²) >= 11 is 12.2. The summed E-state index contributed by atoms with van der Waals surface area (Å²) < 4.78 is 27.3. The van der Waals surface area contributed by atoms with Crippen LogP contribution in [0.1, 0.15) is 39.0 Å². The minimum Gasteiger partial charge on any atom is -0.335 e. The van der Waals surface area contributed by atoms with Gasteiger partial charge >= 0.3 is 6.03 Å². The van der Waals surface area contributed by atoms with Gasteiger partial charge in [0.15, 0.2) is 0 Å². The average Bonchev–Trinajstić information content (AvgIpc) is 2.73. The van der Waals surface area contributed by atoms with Crippen molar-refractivity contribution in [2.45, 2.75) is 56.0 Å². The molecule has 1 saturated heterocycles. The summed E-state index contributed by atoms with van der Waals surface area (Å²) in [6.07, 6.45) is 5.22. The van der Waals surface area contributed by atoms with Gasteiger partial charge < -0.3 is 5.32 Å². The van der Waals surface area contributed by atoms with E-state index >= 15 is 0 Å². The number of sulfonamides is 1. The zero-order chi connectivity index (χ0) is 22.6. The lowest BCUT2D eigenvalue weighted by Gasteiger charge is -2.36. The number of hydrogen-bond donors (Lipinski definition) is 2. The van der Waals surface area contributed by atoms with Gasteiger partial charge in [-0.05, 0) is 31.9 Å². The monoisotopic (exact) mass is 490 g/mol. The molecule has 8 nitrogen and oxygen atoms in total. The van der Waals surface area contributed by atoms with Crippen LogP contribution in [0.25, 0.3) is 0 Å². The average molecular weight is 491 g/mol. The summed E-state index contributed by atoms with van der Waals surface area (Å²) in [5.74, 6) is -0.404. The summed E-state index contributed by atoms with van der Waals surface area (Å²) in [6.45, 7) is 2.78. The number of nitrogens with one attached hydrogen (secondary N) is 2. The maximum absolute atomic E-state index is 13.0. The molecule has 1 atom stereocenters. The van der Waals surface area contributed by atoms with Gasteiger partial charge in [0.05, 0.1) is 16.1 Å². The third-order valence-corrected chi connectivity index (χ3v) is 8.75. The number of amides is 3. The second kappa shape index (κ2) is 10.5. The Bertz CT molecular complexity index is 894. The van der Waals surface area contributed by atoms with E-state index in [1.165, 1.54) is 22.9 Å². The van der Waals surface area contributed by atoms with Crippen LogP contribution in [0.4, 0.5) is 4.79 Å². The number of halogens is 2. The maximum Gasteiger partial charge on any atom is 0.321 e. The molecular formula is C20H28Cl2N4O4S. The van der Waals surface area contributed by atoms with Crippen molar-refractivity contribution in [2.75, 3.05) is 26.2 Å². The number of nitrogens with zero attached hydrogens (tertiary/aromatic N) is 2. The Labute approximate surface area is 193 Å². The van der Waals surface area contributed by atoms with Gasteiger partial charge in [0.25, 0.3) is 0 Å². The van der Waals surface area contributed by atoms with Crippen LogP contribution >= 0.6 is 23.2 Å². The number of carbonyl (C=O) groups excluding carboxylic acids is 2. The van der Waals surface area contributed by atoms with Crippen LogP contribution in [-0.4, -0.2) is 67.8 Å². The van der Waals surface area contributed by atoms with E-state index in [1.807, 2.05) is 4.90 Å². The largest absolute Gasteiger partial charge is 0.335 e. The van der Waals surface area contributed by atoms with Crippen molar-refractivity contribution in [3.05, 3.63) is 28.2 Å². The summed E-state index contributed by atoms with van der Waals surface area (Å²) in [7, 11) is -3.85. The highest BCUT2D eigenvalue weighted by molar-refractivity contribution is 7.89. The molecule has 2 fully saturated rings. The van der Waals surface area contributed by atoms with Gasteiger partial charge in [-0.1, -0.05) is 48.5 Å². The molecule has 0 radical (unpaired) electrons. The summed E-state index contributed by atoms with van der Waals surface area (Å²) in [5, 5.41) is 5.42. The Hall–Kier alpha value is -1.39. The Morgan fingerprint density at radius 2 is 1.61 bits per heavy atom. The molecule has 1 saturated carbocycles. The third kappa shape index (κ3) is 5.90. The van der Waals surface area contributed by atoms with Gasteiger partial charge in [0.1, 0.15) is 4.90 Å². The predicted molar refractivity (Wildman–Crippen MR) is 120 cm³/mol. The summed E-state index contributed by atoms with van der Waals surface area (Å²) in [5.41, 5.74) is 0. The van der Waals surface area contributed by atoms with E-state index in [-0.39, 0.29) is 34.1 Å². The topological polar surface area (TPSA) is 98.8 Å². The van der Waals surface area contributed by atoms with E-state index in [0.29, 0.717) is 13.1 Å². The van der Waals surface area contributed by atoms with E-state index in [2.05, 4.69) is 10.6 Å². The second-order valence-electron chi connectivity index (χ2n) is 7.96. The SMILES string of the molecule is CC(C(=O)NC(=O)NC1CCCCC1)N1CCN(S(=O)(=O)c2c(Cl)cccc2Cl)CC1. The van der Waals surface area contributed by atoms with Crippen molar-refractivity contribution < 1.29 is 18.0 Å². The minimum atomic E-state index is -3.85. The van der Waals surface area contributed by atoms with E-state index in [1.54, 1.807) is 13.0 Å². The molecule has 3 amide bonds. The molecular weight excluding hydrogens is 463 g/mol. The lowest BCUT2D eigenvalue weighted by atomic mass is 9.96. The number of rotatable bonds is 5. The Morgan fingerprint density at radius 1 is 1.03 bits per heavy atom. The number of imide groups is 1. The molecule has 1 unspecified atom stereocenters. The molecule has 0 bridgehead atoms. The fourth-order valence-electron chi connectivity index (χ4n) is 4.04. The first kappa shape index (κ1) is 24.3. The number of hydrogen-bond acceptors (Lipinski definition) is 5. The van der Waals surface area contributed by atoms with Gasteiger partial charge in [-0.3, -0.25) is 15.0 Å². The van der Waals surface area contributed by atoms with Crippen LogP contribution in [0.3, 0.4) is 0 Å². The molecule has 2 aliphatic rings. The number of benzene rings is 1. The van der Waals surface area contributed by atoms with E-state index in [4.69, 9.17) is 23.2 Å². The first-order valence-electron chi connectivity index (χ1n) is 10.5. The molecule has 11 heteroatoms. The first-order chi connectivity index (χ1) is 14.7. The minimum absolute atomic E-state index is 0.0756. The van der Waals surface area contributed by atoms with Crippen LogP contribution in [0.5, 0.6) is 0 Å². The van der Waals surface area contributed by atoms with Crippen molar-refractivity contribution >= 4 is 45.2 Å². The summed E-state index contributed by atoms with van der Waals surface area (Å²) in [4.78, 5) is 26.4. The third-order valence-electron chi connectivity index (χ3n) is 5.89. The standard InChI is InChI=1S/C20H28Cl2N4O4S/c1-14(19(27)24-20(28)23-15-6-3-2-4-7-15)25-10-12-26(13-11-25)31(29,30)18-16(21)8-5-9-17(18)22/h5,8-9,14-15H,2-4,6-7,10-13H2,1H3,(H2,23,24,27,28).